The van der Waals surface area contributed by atoms with E-state index in [2.05, 4.69) is 21.0 Å². The standard InChI is InChI=1S/C22H20N6O3/c1-6-18-25-26(4)22(30)28(18)15-8-9-16(23-12-15)17-11-14-10-13(3)24-19(21(29)31-5)20(14)27(17)7-2/h1,8-12H,7H2,2-5H3. The molecule has 0 unspecified atom stereocenters. The molecule has 156 valence electrons. The quantitative estimate of drug-likeness (QED) is 0.373. The molecule has 0 aliphatic carbocycles. The van der Waals surface area contributed by atoms with E-state index < -0.39 is 5.97 Å². The number of ether oxygens (including phenoxy) is 1. The fourth-order valence-corrected chi connectivity index (χ4v) is 3.67. The number of hydrogen-bond donors (Lipinski definition) is 0. The van der Waals surface area contributed by atoms with E-state index in [0.29, 0.717) is 29.1 Å². The number of rotatable bonds is 4. The van der Waals surface area contributed by atoms with Crippen LogP contribution in [0.3, 0.4) is 0 Å². The average molecular weight is 416 g/mol. The summed E-state index contributed by atoms with van der Waals surface area (Å²) in [5.41, 5.74) is 3.33. The molecule has 31 heavy (non-hydrogen) atoms. The zero-order valence-electron chi connectivity index (χ0n) is 17.6. The van der Waals surface area contributed by atoms with E-state index in [4.69, 9.17) is 11.2 Å². The Hall–Kier alpha value is -4.19. The Bertz CT molecular complexity index is 1420. The summed E-state index contributed by atoms with van der Waals surface area (Å²) in [6, 6.07) is 7.44. The number of aryl methyl sites for hydroxylation is 3. The van der Waals surface area contributed by atoms with Crippen LogP contribution < -0.4 is 5.69 Å². The highest BCUT2D eigenvalue weighted by Gasteiger charge is 2.20. The van der Waals surface area contributed by atoms with E-state index >= 15 is 0 Å². The lowest BCUT2D eigenvalue weighted by Gasteiger charge is -2.10. The molecular weight excluding hydrogens is 396 g/mol. The number of pyridine rings is 2. The van der Waals surface area contributed by atoms with E-state index in [9.17, 15) is 9.59 Å². The Kier molecular flexibility index (Phi) is 4.91. The Balaban J connectivity index is 1.88. The van der Waals surface area contributed by atoms with Gasteiger partial charge in [0.25, 0.3) is 0 Å². The fourth-order valence-electron chi connectivity index (χ4n) is 3.67. The molecule has 0 saturated carbocycles. The lowest BCUT2D eigenvalue weighted by molar-refractivity contribution is 0.0596. The van der Waals surface area contributed by atoms with Crippen molar-refractivity contribution < 1.29 is 9.53 Å². The predicted molar refractivity (Wildman–Crippen MR) is 115 cm³/mol. The number of aromatic nitrogens is 6. The first-order valence-electron chi connectivity index (χ1n) is 9.58. The molecule has 0 aliphatic rings. The van der Waals surface area contributed by atoms with E-state index in [1.807, 2.05) is 30.5 Å². The van der Waals surface area contributed by atoms with Crippen molar-refractivity contribution >= 4 is 16.9 Å². The van der Waals surface area contributed by atoms with E-state index in [1.165, 1.54) is 23.4 Å². The molecule has 0 bridgehead atoms. The summed E-state index contributed by atoms with van der Waals surface area (Å²) in [4.78, 5) is 33.6. The van der Waals surface area contributed by atoms with Gasteiger partial charge < -0.3 is 9.30 Å². The van der Waals surface area contributed by atoms with Gasteiger partial charge in [-0.1, -0.05) is 0 Å². The predicted octanol–water partition coefficient (Wildman–Crippen LogP) is 2.08. The molecule has 4 rings (SSSR count). The van der Waals surface area contributed by atoms with Crippen LogP contribution in [0.5, 0.6) is 0 Å². The van der Waals surface area contributed by atoms with Crippen LogP contribution in [-0.4, -0.2) is 42.0 Å². The molecule has 4 aromatic rings. The van der Waals surface area contributed by atoms with E-state index in [1.54, 1.807) is 18.3 Å². The summed E-state index contributed by atoms with van der Waals surface area (Å²) >= 11 is 0. The Morgan fingerprint density at radius 1 is 1.29 bits per heavy atom. The van der Waals surface area contributed by atoms with Gasteiger partial charge in [0.15, 0.2) is 5.69 Å². The summed E-state index contributed by atoms with van der Waals surface area (Å²) < 4.78 is 9.41. The van der Waals surface area contributed by atoms with Gasteiger partial charge in [0.1, 0.15) is 0 Å². The Labute approximate surface area is 177 Å². The SMILES string of the molecule is C#Cc1nn(C)c(=O)n1-c1ccc(-c2cc3cc(C)nc(C(=O)OC)c3n2CC)nc1. The molecule has 0 radical (unpaired) electrons. The molecule has 0 saturated heterocycles. The van der Waals surface area contributed by atoms with Crippen LogP contribution in [0.2, 0.25) is 0 Å². The van der Waals surface area contributed by atoms with Crippen molar-refractivity contribution in [2.45, 2.75) is 20.4 Å². The second-order valence-electron chi connectivity index (χ2n) is 6.93. The first-order chi connectivity index (χ1) is 14.9. The van der Waals surface area contributed by atoms with Crippen molar-refractivity contribution in [3.8, 4) is 29.4 Å². The number of fused-ring (bicyclic) bond motifs is 1. The molecule has 4 aromatic heterocycles. The number of carbonyl (C=O) groups excluding carboxylic acids is 1. The van der Waals surface area contributed by atoms with Crippen LogP contribution in [-0.2, 0) is 18.3 Å². The van der Waals surface area contributed by atoms with Gasteiger partial charge in [-0.2, -0.15) is 0 Å². The summed E-state index contributed by atoms with van der Waals surface area (Å²) in [6.45, 7) is 4.41. The van der Waals surface area contributed by atoms with Gasteiger partial charge in [-0.15, -0.1) is 11.5 Å². The lowest BCUT2D eigenvalue weighted by Crippen LogP contribution is -2.22. The van der Waals surface area contributed by atoms with Crippen molar-refractivity contribution in [2.75, 3.05) is 7.11 Å². The van der Waals surface area contributed by atoms with Crippen LogP contribution in [0.1, 0.15) is 28.9 Å². The van der Waals surface area contributed by atoms with Crippen molar-refractivity contribution in [1.82, 2.24) is 28.9 Å². The molecule has 0 spiro atoms. The number of hydrogen-bond acceptors (Lipinski definition) is 6. The average Bonchev–Trinajstić information content (AvgIpc) is 3.29. The molecular formula is C22H20N6O3. The molecule has 0 aromatic carbocycles. The van der Waals surface area contributed by atoms with Gasteiger partial charge in [-0.25, -0.2) is 23.8 Å². The van der Waals surface area contributed by atoms with E-state index in [0.717, 1.165) is 11.1 Å². The Morgan fingerprint density at radius 3 is 2.68 bits per heavy atom. The van der Waals surface area contributed by atoms with Gasteiger partial charge in [-0.3, -0.25) is 4.98 Å². The summed E-state index contributed by atoms with van der Waals surface area (Å²) in [7, 11) is 2.87. The summed E-state index contributed by atoms with van der Waals surface area (Å²) in [6.07, 6.45) is 7.05. The third kappa shape index (κ3) is 3.18. The maximum Gasteiger partial charge on any atom is 0.358 e. The highest BCUT2D eigenvalue weighted by atomic mass is 16.5. The summed E-state index contributed by atoms with van der Waals surface area (Å²) in [5, 5.41) is 4.90. The van der Waals surface area contributed by atoms with Gasteiger partial charge in [0.2, 0.25) is 5.82 Å². The van der Waals surface area contributed by atoms with Gasteiger partial charge in [-0.05, 0) is 44.0 Å². The first kappa shape index (κ1) is 20.1. The van der Waals surface area contributed by atoms with Crippen LogP contribution in [0, 0.1) is 19.3 Å². The third-order valence-electron chi connectivity index (χ3n) is 5.02. The van der Waals surface area contributed by atoms with Gasteiger partial charge in [0, 0.05) is 24.7 Å². The molecule has 0 atom stereocenters. The molecule has 0 aliphatic heterocycles. The number of carbonyl (C=O) groups is 1. The third-order valence-corrected chi connectivity index (χ3v) is 5.02. The lowest BCUT2D eigenvalue weighted by atomic mass is 10.2. The van der Waals surface area contributed by atoms with Gasteiger partial charge >= 0.3 is 11.7 Å². The monoisotopic (exact) mass is 416 g/mol. The molecule has 0 amide bonds. The minimum absolute atomic E-state index is 0.203. The van der Waals surface area contributed by atoms with Crippen molar-refractivity contribution in [3.05, 3.63) is 58.2 Å². The fraction of sp³-hybridized carbons (Fsp3) is 0.227. The molecule has 9 nitrogen and oxygen atoms in total. The zero-order chi connectivity index (χ0) is 22.3. The van der Waals surface area contributed by atoms with Crippen LogP contribution >= 0.6 is 0 Å². The highest BCUT2D eigenvalue weighted by molar-refractivity contribution is 6.03. The minimum atomic E-state index is -0.492. The molecule has 0 fully saturated rings. The summed E-state index contributed by atoms with van der Waals surface area (Å²) in [5.74, 6) is 2.13. The van der Waals surface area contributed by atoms with Crippen molar-refractivity contribution in [1.29, 1.82) is 0 Å². The largest absolute Gasteiger partial charge is 0.464 e. The molecule has 0 N–H and O–H groups in total. The van der Waals surface area contributed by atoms with Gasteiger partial charge in [0.05, 0.1) is 35.9 Å². The van der Waals surface area contributed by atoms with Crippen LogP contribution in [0.4, 0.5) is 0 Å². The van der Waals surface area contributed by atoms with Crippen molar-refractivity contribution in [3.63, 3.8) is 0 Å². The first-order valence-corrected chi connectivity index (χ1v) is 9.58. The number of methoxy groups -OCH3 is 1. The van der Waals surface area contributed by atoms with Crippen LogP contribution in [0.15, 0.2) is 35.3 Å². The number of nitrogens with zero attached hydrogens (tertiary/aromatic N) is 6. The number of esters is 1. The second-order valence-corrected chi connectivity index (χ2v) is 6.93. The maximum absolute atomic E-state index is 12.4. The molecule has 4 heterocycles. The smallest absolute Gasteiger partial charge is 0.358 e. The second kappa shape index (κ2) is 7.57. The van der Waals surface area contributed by atoms with Crippen molar-refractivity contribution in [2.24, 2.45) is 7.05 Å². The number of terminal acetylenes is 1. The topological polar surface area (TPSA) is 96.8 Å². The normalized spacial score (nSPS) is 10.9. The maximum atomic E-state index is 12.4. The van der Waals surface area contributed by atoms with Crippen LogP contribution in [0.25, 0.3) is 28.0 Å². The highest BCUT2D eigenvalue weighted by Crippen LogP contribution is 2.30. The van der Waals surface area contributed by atoms with E-state index in [-0.39, 0.29) is 17.2 Å². The molecule has 9 heteroatoms. The Morgan fingerprint density at radius 2 is 2.06 bits per heavy atom. The minimum Gasteiger partial charge on any atom is -0.464 e. The zero-order valence-corrected chi connectivity index (χ0v) is 17.6.